The van der Waals surface area contributed by atoms with Gasteiger partial charge in [-0.2, -0.15) is 0 Å². The lowest BCUT2D eigenvalue weighted by atomic mass is 9.36. The predicted molar refractivity (Wildman–Crippen MR) is 374 cm³/mol. The molecule has 1 spiro atoms. The van der Waals surface area contributed by atoms with Gasteiger partial charge in [0.15, 0.2) is 17.5 Å². The van der Waals surface area contributed by atoms with Gasteiger partial charge in [-0.3, -0.25) is 0 Å². The maximum Gasteiger partial charge on any atom is 0.264 e. The number of benzene rings is 11. The molecule has 11 aromatic carbocycles. The Kier molecular flexibility index (Phi) is 11.7. The summed E-state index contributed by atoms with van der Waals surface area (Å²) in [6.45, 7) is 18.4. The van der Waals surface area contributed by atoms with E-state index in [1.54, 1.807) is 0 Å². The van der Waals surface area contributed by atoms with Crippen LogP contribution in [0.1, 0.15) is 86.1 Å². The number of hydrogen-bond acceptors (Lipinski definition) is 6. The fraction of sp³-hybridized carbons (Fsp3) is 0.134. The van der Waals surface area contributed by atoms with E-state index in [0.717, 1.165) is 28.1 Å². The van der Waals surface area contributed by atoms with Crippen LogP contribution >= 0.6 is 11.3 Å². The molecule has 0 fully saturated rings. The van der Waals surface area contributed by atoms with Crippen molar-refractivity contribution in [1.82, 2.24) is 15.0 Å². The van der Waals surface area contributed by atoms with E-state index in [0.29, 0.717) is 17.5 Å². The molecule has 1 atom stereocenters. The molecule has 4 heterocycles. The van der Waals surface area contributed by atoms with Crippen LogP contribution in [-0.2, 0) is 16.2 Å². The van der Waals surface area contributed by atoms with Gasteiger partial charge in [-0.1, -0.05) is 229 Å². The summed E-state index contributed by atoms with van der Waals surface area (Å²) in [4.78, 5) is 21.1. The predicted octanol–water partition coefficient (Wildman–Crippen LogP) is 19.4. The summed E-state index contributed by atoms with van der Waals surface area (Å²) in [5.41, 5.74) is 29.3. The Morgan fingerprint density at radius 1 is 0.382 bits per heavy atom. The smallest absolute Gasteiger partial charge is 0.264 e. The monoisotopic (exact) mass is 1160 g/mol. The third-order valence-electron chi connectivity index (χ3n) is 19.3. The first-order chi connectivity index (χ1) is 43.2. The normalized spacial score (nSPS) is 14.9. The van der Waals surface area contributed by atoms with E-state index in [2.05, 4.69) is 271 Å². The molecule has 13 aromatic rings. The summed E-state index contributed by atoms with van der Waals surface area (Å²) < 4.78 is 2.66. The minimum Gasteiger partial charge on any atom is -0.311 e. The summed E-state index contributed by atoms with van der Waals surface area (Å²) in [5.74, 6) is 1.92. The second kappa shape index (κ2) is 19.5. The standard InChI is InChI=1S/C82H64BN5S/c1-49-32-40-69(61(42-49)51-22-12-9-13-23-51)88-70-48-67-62(47-68(70)83-74-71(43-50(2)44-72(74)88)87(57-37-34-55(35-38-57)80(3,4)5)75-63-46-56(81(6,7)8)36-41-73(63)89-76(75)83)59-29-19-21-31-65(59)82(67)64-30-20-18-28-58(64)60-39-33-54(45-66(60)82)79-85-77(52-24-14-10-15-25-52)84-78(86-79)53-26-16-11-17-27-53/h9-48H,1-8H3. The van der Waals surface area contributed by atoms with Gasteiger partial charge in [0.2, 0.25) is 0 Å². The molecule has 2 aliphatic heterocycles. The number of aromatic nitrogens is 3. The number of thiophene rings is 1. The molecular weight excluding hydrogens is 1100 g/mol. The highest BCUT2D eigenvalue weighted by Crippen LogP contribution is 2.64. The van der Waals surface area contributed by atoms with Crippen molar-refractivity contribution in [2.75, 3.05) is 9.80 Å². The minimum atomic E-state index is -0.714. The van der Waals surface area contributed by atoms with E-state index in [9.17, 15) is 0 Å². The number of fused-ring (bicyclic) bond motifs is 16. The Labute approximate surface area is 525 Å². The average Bonchev–Trinajstić information content (AvgIpc) is 1.52. The van der Waals surface area contributed by atoms with Crippen molar-refractivity contribution in [2.45, 2.75) is 71.6 Å². The molecule has 17 rings (SSSR count). The van der Waals surface area contributed by atoms with E-state index < -0.39 is 5.41 Å². The molecule has 5 nitrogen and oxygen atoms in total. The molecule has 0 bridgehead atoms. The van der Waals surface area contributed by atoms with Gasteiger partial charge >= 0.3 is 0 Å². The van der Waals surface area contributed by atoms with Crippen molar-refractivity contribution in [3.05, 3.63) is 287 Å². The van der Waals surface area contributed by atoms with Crippen LogP contribution in [-0.4, -0.2) is 21.7 Å². The number of hydrogen-bond donors (Lipinski definition) is 0. The van der Waals surface area contributed by atoms with Crippen molar-refractivity contribution < 1.29 is 0 Å². The zero-order valence-corrected chi connectivity index (χ0v) is 52.1. The van der Waals surface area contributed by atoms with E-state index in [1.807, 2.05) is 47.7 Å². The molecule has 4 aliphatic rings. The number of aryl methyl sites for hydroxylation is 2. The Hall–Kier alpha value is -9.95. The van der Waals surface area contributed by atoms with Crippen LogP contribution in [0.15, 0.2) is 243 Å². The van der Waals surface area contributed by atoms with Crippen molar-refractivity contribution in [3.63, 3.8) is 0 Å². The molecule has 0 N–H and O–H groups in total. The van der Waals surface area contributed by atoms with Crippen LogP contribution in [0.25, 0.3) is 77.6 Å². The van der Waals surface area contributed by atoms with Crippen LogP contribution in [0.2, 0.25) is 0 Å². The van der Waals surface area contributed by atoms with Crippen LogP contribution in [0.3, 0.4) is 0 Å². The first-order valence-corrected chi connectivity index (χ1v) is 32.0. The maximum atomic E-state index is 5.33. The molecule has 0 saturated carbocycles. The molecule has 1 unspecified atom stereocenters. The van der Waals surface area contributed by atoms with E-state index in [4.69, 9.17) is 15.0 Å². The van der Waals surface area contributed by atoms with Gasteiger partial charge in [-0.05, 0) is 163 Å². The first-order valence-electron chi connectivity index (χ1n) is 31.2. The summed E-state index contributed by atoms with van der Waals surface area (Å²) >= 11 is 1.97. The SMILES string of the molecule is Cc1ccc(N2c3cc4c(cc3B3c5sc6ccc(C(C)(C)C)cc6c5N(c5ccc(C(C)(C)C)cc5)c5cc(C)cc2c53)-c2ccccc2C42c3ccccc3-c3ccc(-c4nc(-c5ccccc5)nc(-c5ccccc5)n4)cc32)c(-c2ccccc2)c1. The fourth-order valence-corrected chi connectivity index (χ4v) is 16.4. The Morgan fingerprint density at radius 2 is 0.921 bits per heavy atom. The summed E-state index contributed by atoms with van der Waals surface area (Å²) in [6, 6.07) is 91.0. The van der Waals surface area contributed by atoms with Gasteiger partial charge in [-0.15, -0.1) is 11.3 Å². The van der Waals surface area contributed by atoms with E-state index in [-0.39, 0.29) is 17.5 Å². The Bertz CT molecular complexity index is 5020. The average molecular weight is 1160 g/mol. The van der Waals surface area contributed by atoms with Gasteiger partial charge in [-0.25, -0.2) is 15.0 Å². The lowest BCUT2D eigenvalue weighted by Crippen LogP contribution is -2.60. The van der Waals surface area contributed by atoms with Gasteiger partial charge in [0.1, 0.15) is 0 Å². The van der Waals surface area contributed by atoms with E-state index in [1.165, 1.54) is 126 Å². The first kappa shape index (κ1) is 53.3. The summed E-state index contributed by atoms with van der Waals surface area (Å²) in [6.07, 6.45) is 0. The summed E-state index contributed by atoms with van der Waals surface area (Å²) in [5, 5.41) is 1.30. The topological polar surface area (TPSA) is 45.2 Å². The molecule has 2 aliphatic carbocycles. The molecule has 89 heavy (non-hydrogen) atoms. The van der Waals surface area contributed by atoms with Crippen LogP contribution in [0, 0.1) is 13.8 Å². The van der Waals surface area contributed by atoms with Crippen LogP contribution in [0.5, 0.6) is 0 Å². The van der Waals surface area contributed by atoms with Crippen molar-refractivity contribution in [3.8, 4) is 67.5 Å². The van der Waals surface area contributed by atoms with Gasteiger partial charge in [0.25, 0.3) is 6.71 Å². The highest BCUT2D eigenvalue weighted by molar-refractivity contribution is 7.33. The van der Waals surface area contributed by atoms with Crippen LogP contribution < -0.4 is 25.5 Å². The largest absolute Gasteiger partial charge is 0.311 e. The van der Waals surface area contributed by atoms with E-state index >= 15 is 0 Å². The van der Waals surface area contributed by atoms with Crippen LogP contribution in [0.4, 0.5) is 34.1 Å². The molecule has 426 valence electrons. The highest BCUT2D eigenvalue weighted by atomic mass is 32.1. The lowest BCUT2D eigenvalue weighted by Gasteiger charge is -2.44. The molecule has 0 radical (unpaired) electrons. The lowest BCUT2D eigenvalue weighted by molar-refractivity contribution is 0.590. The van der Waals surface area contributed by atoms with Crippen molar-refractivity contribution in [2.24, 2.45) is 0 Å². The third kappa shape index (κ3) is 8.03. The van der Waals surface area contributed by atoms with Crippen molar-refractivity contribution >= 4 is 78.0 Å². The minimum absolute atomic E-state index is 0.000191. The molecule has 2 aromatic heterocycles. The highest BCUT2D eigenvalue weighted by Gasteiger charge is 2.54. The van der Waals surface area contributed by atoms with Gasteiger partial charge in [0.05, 0.1) is 16.8 Å². The quantitative estimate of drug-likeness (QED) is 0.155. The third-order valence-corrected chi connectivity index (χ3v) is 20.5. The number of anilines is 6. The fourth-order valence-electron chi connectivity index (χ4n) is 15.1. The number of nitrogens with zero attached hydrogens (tertiary/aromatic N) is 5. The van der Waals surface area contributed by atoms with Crippen molar-refractivity contribution in [1.29, 1.82) is 0 Å². The second-order valence-corrected chi connectivity index (χ2v) is 28.0. The van der Waals surface area contributed by atoms with Gasteiger partial charge in [0, 0.05) is 59.9 Å². The molecule has 0 amide bonds. The maximum absolute atomic E-state index is 5.33. The Balaban J connectivity index is 0.972. The zero-order valence-electron chi connectivity index (χ0n) is 51.3. The Morgan fingerprint density at radius 3 is 1.55 bits per heavy atom. The number of rotatable bonds is 6. The molecule has 0 saturated heterocycles. The molecule has 7 heteroatoms. The summed E-state index contributed by atoms with van der Waals surface area (Å²) in [7, 11) is 0. The molecular formula is C82H64BN5S. The second-order valence-electron chi connectivity index (χ2n) is 26.9. The van der Waals surface area contributed by atoms with Gasteiger partial charge < -0.3 is 9.80 Å². The zero-order chi connectivity index (χ0) is 60.2.